The zero-order valence-electron chi connectivity index (χ0n) is 8.97. The number of unbranched alkanes of at least 4 members (excludes halogenated alkanes) is 4. The zero-order chi connectivity index (χ0) is 10.4. The lowest BCUT2D eigenvalue weighted by Crippen LogP contribution is -2.26. The molecule has 0 saturated carbocycles. The Hall–Kier alpha value is -0.0500. The number of carbonyl (C=O) groups excluding carboxylic acids is 1. The molecule has 0 aromatic rings. The van der Waals surface area contributed by atoms with E-state index in [2.05, 4.69) is 22.9 Å². The molecule has 1 rings (SSSR count). The maximum absolute atomic E-state index is 11.4. The first-order valence-electron chi connectivity index (χ1n) is 5.66. The largest absolute Gasteiger partial charge is 0.342 e. The second kappa shape index (κ2) is 6.44. The first-order valence-corrected chi connectivity index (χ1v) is 6.57. The van der Waals surface area contributed by atoms with E-state index in [9.17, 15) is 4.79 Å². The Morgan fingerprint density at radius 2 is 2.07 bits per heavy atom. The first kappa shape index (κ1) is 12.0. The number of hydrogen-bond acceptors (Lipinski definition) is 1. The zero-order valence-corrected chi connectivity index (χ0v) is 10.6. The normalized spacial score (nSPS) is 22.0. The predicted molar refractivity (Wildman–Crippen MR) is 62.7 cm³/mol. The van der Waals surface area contributed by atoms with E-state index < -0.39 is 0 Å². The van der Waals surface area contributed by atoms with E-state index in [1.165, 1.54) is 32.1 Å². The lowest BCUT2D eigenvalue weighted by atomic mass is 10.1. The van der Waals surface area contributed by atoms with Gasteiger partial charge in [0.25, 0.3) is 0 Å². The van der Waals surface area contributed by atoms with Gasteiger partial charge in [0.1, 0.15) is 0 Å². The third-order valence-corrected chi connectivity index (χ3v) is 3.31. The monoisotopic (exact) mass is 261 g/mol. The average molecular weight is 262 g/mol. The van der Waals surface area contributed by atoms with Crippen LogP contribution in [0.15, 0.2) is 0 Å². The van der Waals surface area contributed by atoms with Gasteiger partial charge in [-0.2, -0.15) is 0 Å². The minimum atomic E-state index is 0.322. The Morgan fingerprint density at radius 3 is 2.64 bits per heavy atom. The molecule has 1 atom stereocenters. The van der Waals surface area contributed by atoms with Crippen LogP contribution in [0.1, 0.15) is 45.4 Å². The fraction of sp³-hybridized carbons (Fsp3) is 0.909. The summed E-state index contributed by atoms with van der Waals surface area (Å²) in [4.78, 5) is 13.8. The van der Waals surface area contributed by atoms with Gasteiger partial charge in [0.15, 0.2) is 0 Å². The third-order valence-electron chi connectivity index (χ3n) is 2.70. The number of alkyl halides is 1. The fourth-order valence-corrected chi connectivity index (χ4v) is 2.47. The summed E-state index contributed by atoms with van der Waals surface area (Å²) in [7, 11) is 0. The highest BCUT2D eigenvalue weighted by atomic mass is 79.9. The van der Waals surface area contributed by atoms with E-state index >= 15 is 0 Å². The van der Waals surface area contributed by atoms with Gasteiger partial charge in [-0.25, -0.2) is 0 Å². The van der Waals surface area contributed by atoms with Crippen LogP contribution in [0.5, 0.6) is 0 Å². The number of likely N-dealkylation sites (tertiary alicyclic amines) is 1. The van der Waals surface area contributed by atoms with Crippen LogP contribution in [-0.2, 0) is 4.79 Å². The van der Waals surface area contributed by atoms with Crippen LogP contribution >= 0.6 is 15.9 Å². The Labute approximate surface area is 95.2 Å². The van der Waals surface area contributed by atoms with Crippen LogP contribution < -0.4 is 0 Å². The van der Waals surface area contributed by atoms with Crippen molar-refractivity contribution >= 4 is 21.8 Å². The van der Waals surface area contributed by atoms with Crippen molar-refractivity contribution in [3.05, 3.63) is 0 Å². The van der Waals surface area contributed by atoms with Crippen LogP contribution in [0.3, 0.4) is 0 Å². The van der Waals surface area contributed by atoms with Crippen molar-refractivity contribution in [2.24, 2.45) is 0 Å². The molecule has 82 valence electrons. The van der Waals surface area contributed by atoms with Crippen molar-refractivity contribution in [2.75, 3.05) is 13.1 Å². The average Bonchev–Trinajstić information content (AvgIpc) is 2.45. The van der Waals surface area contributed by atoms with E-state index in [-0.39, 0.29) is 0 Å². The molecule has 0 aromatic heterocycles. The van der Waals surface area contributed by atoms with Crippen molar-refractivity contribution < 1.29 is 4.79 Å². The van der Waals surface area contributed by atoms with E-state index in [0.29, 0.717) is 17.2 Å². The topological polar surface area (TPSA) is 20.3 Å². The van der Waals surface area contributed by atoms with Gasteiger partial charge in [-0.15, -0.1) is 0 Å². The number of nitrogens with zero attached hydrogens (tertiary/aromatic N) is 1. The van der Waals surface area contributed by atoms with Crippen LogP contribution in [0, 0.1) is 0 Å². The summed E-state index contributed by atoms with van der Waals surface area (Å²) in [5.74, 6) is 0.322. The van der Waals surface area contributed by atoms with Gasteiger partial charge in [-0.1, -0.05) is 48.5 Å². The molecule has 14 heavy (non-hydrogen) atoms. The van der Waals surface area contributed by atoms with Crippen molar-refractivity contribution in [2.45, 2.75) is 50.3 Å². The van der Waals surface area contributed by atoms with Gasteiger partial charge in [0.05, 0.1) is 0 Å². The van der Waals surface area contributed by atoms with Crippen molar-refractivity contribution in [3.63, 3.8) is 0 Å². The highest BCUT2D eigenvalue weighted by Crippen LogP contribution is 2.18. The number of amides is 1. The van der Waals surface area contributed by atoms with Crippen LogP contribution in [0.25, 0.3) is 0 Å². The summed E-state index contributed by atoms with van der Waals surface area (Å²) < 4.78 is 0. The summed E-state index contributed by atoms with van der Waals surface area (Å²) in [6, 6.07) is 0. The third kappa shape index (κ3) is 3.99. The van der Waals surface area contributed by atoms with Gasteiger partial charge in [0, 0.05) is 24.3 Å². The summed E-state index contributed by atoms with van der Waals surface area (Å²) >= 11 is 3.49. The van der Waals surface area contributed by atoms with Gasteiger partial charge >= 0.3 is 0 Å². The Bertz CT molecular complexity index is 184. The standard InChI is InChI=1S/C11H20BrNO/c1-2-3-4-5-6-7-13-9-10(12)8-11(13)14/h10H,2-9H2,1H3. The molecule has 1 saturated heterocycles. The molecule has 2 nitrogen and oxygen atoms in total. The summed E-state index contributed by atoms with van der Waals surface area (Å²) in [6.45, 7) is 4.09. The number of carbonyl (C=O) groups is 1. The lowest BCUT2D eigenvalue weighted by Gasteiger charge is -2.15. The maximum Gasteiger partial charge on any atom is 0.223 e. The van der Waals surface area contributed by atoms with Crippen molar-refractivity contribution in [1.29, 1.82) is 0 Å². The van der Waals surface area contributed by atoms with E-state index in [0.717, 1.165) is 13.1 Å². The molecule has 1 heterocycles. The molecular formula is C11H20BrNO. The van der Waals surface area contributed by atoms with Crippen LogP contribution in [0.4, 0.5) is 0 Å². The van der Waals surface area contributed by atoms with E-state index in [4.69, 9.17) is 0 Å². The Balaban J connectivity index is 2.04. The van der Waals surface area contributed by atoms with Gasteiger partial charge in [-0.05, 0) is 6.42 Å². The summed E-state index contributed by atoms with van der Waals surface area (Å²) in [5, 5.41) is 0. The van der Waals surface area contributed by atoms with Gasteiger partial charge in [-0.3, -0.25) is 4.79 Å². The van der Waals surface area contributed by atoms with Gasteiger partial charge < -0.3 is 4.90 Å². The minimum absolute atomic E-state index is 0.322. The molecule has 1 amide bonds. The molecule has 1 fully saturated rings. The van der Waals surface area contributed by atoms with Crippen molar-refractivity contribution in [3.8, 4) is 0 Å². The molecule has 0 aromatic carbocycles. The summed E-state index contributed by atoms with van der Waals surface area (Å²) in [5.41, 5.74) is 0. The second-order valence-electron chi connectivity index (χ2n) is 4.06. The molecule has 0 spiro atoms. The van der Waals surface area contributed by atoms with Crippen molar-refractivity contribution in [1.82, 2.24) is 4.90 Å². The highest BCUT2D eigenvalue weighted by molar-refractivity contribution is 9.09. The SMILES string of the molecule is CCCCCCCN1CC(Br)CC1=O. The Morgan fingerprint density at radius 1 is 1.36 bits per heavy atom. The van der Waals surface area contributed by atoms with E-state index in [1.807, 2.05) is 4.90 Å². The molecule has 3 heteroatoms. The quantitative estimate of drug-likeness (QED) is 0.532. The predicted octanol–water partition coefficient (Wildman–Crippen LogP) is 2.95. The first-order chi connectivity index (χ1) is 6.74. The molecule has 1 unspecified atom stereocenters. The smallest absolute Gasteiger partial charge is 0.223 e. The Kier molecular flexibility index (Phi) is 5.53. The van der Waals surface area contributed by atoms with Crippen LogP contribution in [0.2, 0.25) is 0 Å². The highest BCUT2D eigenvalue weighted by Gasteiger charge is 2.26. The number of rotatable bonds is 6. The minimum Gasteiger partial charge on any atom is -0.342 e. The molecule has 0 aliphatic carbocycles. The van der Waals surface area contributed by atoms with E-state index in [1.54, 1.807) is 0 Å². The van der Waals surface area contributed by atoms with Crippen LogP contribution in [-0.4, -0.2) is 28.7 Å². The second-order valence-corrected chi connectivity index (χ2v) is 5.35. The number of hydrogen-bond donors (Lipinski definition) is 0. The molecular weight excluding hydrogens is 242 g/mol. The molecule has 0 bridgehead atoms. The van der Waals surface area contributed by atoms with Gasteiger partial charge in [0.2, 0.25) is 5.91 Å². The summed E-state index contributed by atoms with van der Waals surface area (Å²) in [6.07, 6.45) is 7.06. The molecule has 1 aliphatic heterocycles. The molecule has 0 radical (unpaired) electrons. The fourth-order valence-electron chi connectivity index (χ4n) is 1.85. The number of halogens is 1. The maximum atomic E-state index is 11.4. The molecule has 0 N–H and O–H groups in total. The lowest BCUT2D eigenvalue weighted by molar-refractivity contribution is -0.127. The molecule has 1 aliphatic rings.